The quantitative estimate of drug-likeness (QED) is 0.399. The number of hydrogen-bond acceptors (Lipinski definition) is 4. The van der Waals surface area contributed by atoms with Crippen LogP contribution < -0.4 is 11.1 Å². The van der Waals surface area contributed by atoms with Crippen LogP contribution in [0.15, 0.2) is 42.5 Å². The molecule has 1 saturated heterocycles. The summed E-state index contributed by atoms with van der Waals surface area (Å²) in [5.41, 5.74) is 10.9. The molecular formula is C28H39N5O. The maximum atomic E-state index is 13.1. The Balaban J connectivity index is 1.65. The van der Waals surface area contributed by atoms with Crippen LogP contribution in [0.2, 0.25) is 0 Å². The number of nitrogens with zero attached hydrogens (tertiary/aromatic N) is 2. The molecule has 1 fully saturated rings. The fourth-order valence-corrected chi connectivity index (χ4v) is 5.62. The van der Waals surface area contributed by atoms with Gasteiger partial charge in [0.15, 0.2) is 0 Å². The van der Waals surface area contributed by atoms with Gasteiger partial charge in [0, 0.05) is 36.4 Å². The van der Waals surface area contributed by atoms with Crippen molar-refractivity contribution in [2.45, 2.75) is 63.5 Å². The van der Waals surface area contributed by atoms with Crippen LogP contribution >= 0.6 is 0 Å². The molecule has 0 aliphatic carbocycles. The fraction of sp³-hybridized carbons (Fsp3) is 0.500. The first-order chi connectivity index (χ1) is 16.4. The van der Waals surface area contributed by atoms with Crippen LogP contribution in [-0.4, -0.2) is 54.8 Å². The molecule has 0 aromatic heterocycles. The molecule has 0 radical (unpaired) electrons. The second kappa shape index (κ2) is 10.7. The first-order valence-electron chi connectivity index (χ1n) is 12.7. The summed E-state index contributed by atoms with van der Waals surface area (Å²) in [5.74, 6) is -0.235. The third-order valence-electron chi connectivity index (χ3n) is 7.66. The molecule has 34 heavy (non-hydrogen) atoms. The second-order valence-corrected chi connectivity index (χ2v) is 10.0. The zero-order chi connectivity index (χ0) is 24.2. The number of rotatable bonds is 8. The van der Waals surface area contributed by atoms with E-state index in [0.717, 1.165) is 30.8 Å². The number of anilines is 1. The van der Waals surface area contributed by atoms with Crippen LogP contribution in [0.25, 0.3) is 0 Å². The average Bonchev–Trinajstić information content (AvgIpc) is 2.84. The van der Waals surface area contributed by atoms with Crippen LogP contribution in [0.1, 0.15) is 73.2 Å². The number of unbranched alkanes of at least 4 members (excludes halogenated alkanes) is 1. The van der Waals surface area contributed by atoms with E-state index in [9.17, 15) is 4.79 Å². The monoisotopic (exact) mass is 461 g/mol. The topological polar surface area (TPSA) is 85.4 Å². The smallest absolute Gasteiger partial charge is 0.232 e. The lowest BCUT2D eigenvalue weighted by Crippen LogP contribution is -2.43. The summed E-state index contributed by atoms with van der Waals surface area (Å²) in [6.07, 6.45) is 6.58. The number of hydrogen-bond donors (Lipinski definition) is 3. The highest BCUT2D eigenvalue weighted by Crippen LogP contribution is 2.39. The molecular weight excluding hydrogens is 422 g/mol. The van der Waals surface area contributed by atoms with Gasteiger partial charge in [-0.25, -0.2) is 0 Å². The first kappa shape index (κ1) is 24.4. The van der Waals surface area contributed by atoms with Gasteiger partial charge in [-0.05, 0) is 68.6 Å². The van der Waals surface area contributed by atoms with E-state index in [1.165, 1.54) is 36.8 Å². The lowest BCUT2D eigenvalue weighted by Gasteiger charge is -2.41. The van der Waals surface area contributed by atoms with Crippen molar-refractivity contribution in [3.8, 4) is 0 Å². The van der Waals surface area contributed by atoms with Gasteiger partial charge < -0.3 is 16.0 Å². The van der Waals surface area contributed by atoms with Crippen molar-refractivity contribution in [2.24, 2.45) is 5.73 Å². The van der Waals surface area contributed by atoms with Crippen LogP contribution in [0.3, 0.4) is 0 Å². The zero-order valence-electron chi connectivity index (χ0n) is 20.8. The molecule has 1 amide bonds. The SMILES string of the molecule is CCCCC(c1cccc2c1CC(c1cccc(C(=N)N)c1)C(=O)N2)N1CCC(N(C)C)CC1. The molecule has 0 bridgehead atoms. The molecule has 2 aliphatic rings. The number of benzene rings is 2. The molecule has 4 N–H and O–H groups in total. The molecule has 4 rings (SSSR count). The molecule has 2 heterocycles. The van der Waals surface area contributed by atoms with Crippen LogP contribution in [0.4, 0.5) is 5.69 Å². The molecule has 2 aromatic rings. The van der Waals surface area contributed by atoms with Gasteiger partial charge in [0.1, 0.15) is 5.84 Å². The number of nitrogens with two attached hydrogens (primary N) is 1. The Bertz CT molecular complexity index is 1030. The van der Waals surface area contributed by atoms with Gasteiger partial charge in [-0.1, -0.05) is 50.1 Å². The van der Waals surface area contributed by atoms with Gasteiger partial charge in [-0.3, -0.25) is 15.1 Å². The Kier molecular flexibility index (Phi) is 7.69. The molecule has 6 heteroatoms. The largest absolute Gasteiger partial charge is 0.384 e. The molecule has 2 aromatic carbocycles. The number of carbonyl (C=O) groups is 1. The Morgan fingerprint density at radius 1 is 1.21 bits per heavy atom. The van der Waals surface area contributed by atoms with Crippen molar-refractivity contribution in [3.63, 3.8) is 0 Å². The number of nitrogens with one attached hydrogen (secondary N) is 2. The molecule has 2 aliphatic heterocycles. The Hall–Kier alpha value is -2.70. The number of carbonyl (C=O) groups excluding carboxylic acids is 1. The van der Waals surface area contributed by atoms with Crippen molar-refractivity contribution in [2.75, 3.05) is 32.5 Å². The minimum Gasteiger partial charge on any atom is -0.384 e. The lowest BCUT2D eigenvalue weighted by molar-refractivity contribution is -0.117. The summed E-state index contributed by atoms with van der Waals surface area (Å²) >= 11 is 0. The van der Waals surface area contributed by atoms with E-state index < -0.39 is 0 Å². The average molecular weight is 462 g/mol. The summed E-state index contributed by atoms with van der Waals surface area (Å²) in [5, 5.41) is 11.0. The number of amidine groups is 1. The lowest BCUT2D eigenvalue weighted by atomic mass is 9.82. The first-order valence-corrected chi connectivity index (χ1v) is 12.7. The predicted octanol–water partition coefficient (Wildman–Crippen LogP) is 4.51. The Morgan fingerprint density at radius 2 is 1.94 bits per heavy atom. The number of nitrogen functional groups attached to an aromatic ring is 1. The molecule has 182 valence electrons. The molecule has 2 atom stereocenters. The van der Waals surface area contributed by atoms with E-state index >= 15 is 0 Å². The van der Waals surface area contributed by atoms with Crippen molar-refractivity contribution >= 4 is 17.4 Å². The van der Waals surface area contributed by atoms with E-state index in [4.69, 9.17) is 11.1 Å². The normalized spacial score (nSPS) is 20.1. The van der Waals surface area contributed by atoms with Gasteiger partial charge >= 0.3 is 0 Å². The van der Waals surface area contributed by atoms with Crippen LogP contribution in [0.5, 0.6) is 0 Å². The Morgan fingerprint density at radius 3 is 2.62 bits per heavy atom. The van der Waals surface area contributed by atoms with Gasteiger partial charge in [0.2, 0.25) is 5.91 Å². The maximum absolute atomic E-state index is 13.1. The summed E-state index contributed by atoms with van der Waals surface area (Å²) < 4.78 is 0. The summed E-state index contributed by atoms with van der Waals surface area (Å²) in [6.45, 7) is 4.47. The molecule has 2 unspecified atom stereocenters. The number of fused-ring (bicyclic) bond motifs is 1. The van der Waals surface area contributed by atoms with E-state index in [0.29, 0.717) is 24.1 Å². The van der Waals surface area contributed by atoms with Crippen LogP contribution in [-0.2, 0) is 11.2 Å². The summed E-state index contributed by atoms with van der Waals surface area (Å²) in [7, 11) is 4.37. The van der Waals surface area contributed by atoms with Crippen LogP contribution in [0, 0.1) is 5.41 Å². The fourth-order valence-electron chi connectivity index (χ4n) is 5.62. The molecule has 0 saturated carbocycles. The van der Waals surface area contributed by atoms with E-state index in [1.54, 1.807) is 0 Å². The highest BCUT2D eigenvalue weighted by atomic mass is 16.1. The number of amides is 1. The highest BCUT2D eigenvalue weighted by Gasteiger charge is 2.33. The number of likely N-dealkylation sites (tertiary alicyclic amines) is 1. The van der Waals surface area contributed by atoms with Gasteiger partial charge in [0.05, 0.1) is 5.92 Å². The maximum Gasteiger partial charge on any atom is 0.232 e. The predicted molar refractivity (Wildman–Crippen MR) is 140 cm³/mol. The second-order valence-electron chi connectivity index (χ2n) is 10.0. The van der Waals surface area contributed by atoms with Crippen molar-refractivity contribution in [1.29, 1.82) is 5.41 Å². The third-order valence-corrected chi connectivity index (χ3v) is 7.66. The highest BCUT2D eigenvalue weighted by molar-refractivity contribution is 6.00. The molecule has 6 nitrogen and oxygen atoms in total. The van der Waals surface area contributed by atoms with Crippen molar-refractivity contribution in [3.05, 3.63) is 64.7 Å². The van der Waals surface area contributed by atoms with Crippen molar-refractivity contribution < 1.29 is 4.79 Å². The number of piperidine rings is 1. The minimum atomic E-state index is -0.278. The van der Waals surface area contributed by atoms with Gasteiger partial charge in [-0.2, -0.15) is 0 Å². The van der Waals surface area contributed by atoms with E-state index in [1.807, 2.05) is 30.3 Å². The van der Waals surface area contributed by atoms with E-state index in [-0.39, 0.29) is 17.7 Å². The summed E-state index contributed by atoms with van der Waals surface area (Å²) in [6, 6.07) is 15.0. The Labute approximate surface area is 204 Å². The van der Waals surface area contributed by atoms with E-state index in [2.05, 4.69) is 48.3 Å². The minimum absolute atomic E-state index is 0.0160. The molecule has 0 spiro atoms. The third kappa shape index (κ3) is 5.18. The zero-order valence-corrected chi connectivity index (χ0v) is 20.8. The van der Waals surface area contributed by atoms with Crippen molar-refractivity contribution in [1.82, 2.24) is 9.80 Å². The standard InChI is InChI=1S/C28H39N5O/c1-4-5-12-26(33-15-13-21(14-16-33)32(2)3)22-10-7-11-25-24(22)18-23(28(34)31-25)19-8-6-9-20(17-19)27(29)30/h6-11,17,21,23,26H,4-5,12-16,18H2,1-3H3,(H3,29,30)(H,31,34). The summed E-state index contributed by atoms with van der Waals surface area (Å²) in [4.78, 5) is 18.1. The van der Waals surface area contributed by atoms with Gasteiger partial charge in [0.25, 0.3) is 0 Å². The van der Waals surface area contributed by atoms with Gasteiger partial charge in [-0.15, -0.1) is 0 Å².